The Labute approximate surface area is 157 Å². The summed E-state index contributed by atoms with van der Waals surface area (Å²) in [6.07, 6.45) is 3.60. The van der Waals surface area contributed by atoms with E-state index < -0.39 is 6.04 Å². The largest absolute Gasteiger partial charge is 0.459 e. The van der Waals surface area contributed by atoms with E-state index in [-0.39, 0.29) is 17.6 Å². The average molecular weight is 375 g/mol. The zero-order valence-electron chi connectivity index (χ0n) is 14.9. The number of rotatable bonds is 7. The molecule has 0 radical (unpaired) electrons. The number of thiophene rings is 1. The van der Waals surface area contributed by atoms with E-state index in [0.717, 1.165) is 32.5 Å². The van der Waals surface area contributed by atoms with Gasteiger partial charge in [0, 0.05) is 18.0 Å². The maximum absolute atomic E-state index is 12.2. The SMILES string of the molecule is CC(NC(=O)c1ccco1)C(=O)NCC1CCN(Cc2cccs2)CC1. The summed E-state index contributed by atoms with van der Waals surface area (Å²) < 4.78 is 5.03. The van der Waals surface area contributed by atoms with E-state index in [0.29, 0.717) is 12.5 Å². The van der Waals surface area contributed by atoms with E-state index in [1.807, 2.05) is 0 Å². The third-order valence-electron chi connectivity index (χ3n) is 4.72. The van der Waals surface area contributed by atoms with Gasteiger partial charge in [-0.25, -0.2) is 0 Å². The Morgan fingerprint density at radius 2 is 2.12 bits per heavy atom. The Hall–Kier alpha value is -2.12. The number of carbonyl (C=O) groups is 2. The molecule has 0 saturated carbocycles. The minimum Gasteiger partial charge on any atom is -0.459 e. The number of carbonyl (C=O) groups excluding carboxylic acids is 2. The lowest BCUT2D eigenvalue weighted by Crippen LogP contribution is -2.46. The lowest BCUT2D eigenvalue weighted by Gasteiger charge is -2.31. The predicted molar refractivity (Wildman–Crippen MR) is 101 cm³/mol. The van der Waals surface area contributed by atoms with Crippen molar-refractivity contribution in [1.29, 1.82) is 0 Å². The van der Waals surface area contributed by atoms with Crippen LogP contribution >= 0.6 is 11.3 Å². The van der Waals surface area contributed by atoms with Gasteiger partial charge < -0.3 is 15.1 Å². The molecule has 0 spiro atoms. The molecule has 2 N–H and O–H groups in total. The fourth-order valence-corrected chi connectivity index (χ4v) is 3.86. The number of amides is 2. The summed E-state index contributed by atoms with van der Waals surface area (Å²) in [4.78, 5) is 28.0. The van der Waals surface area contributed by atoms with Gasteiger partial charge in [-0.15, -0.1) is 11.3 Å². The number of piperidine rings is 1. The first-order valence-electron chi connectivity index (χ1n) is 8.98. The van der Waals surface area contributed by atoms with Crippen LogP contribution in [0.4, 0.5) is 0 Å². The van der Waals surface area contributed by atoms with Crippen molar-refractivity contribution in [2.75, 3.05) is 19.6 Å². The molecule has 1 saturated heterocycles. The lowest BCUT2D eigenvalue weighted by molar-refractivity contribution is -0.122. The highest BCUT2D eigenvalue weighted by atomic mass is 32.1. The molecular weight excluding hydrogens is 350 g/mol. The second kappa shape index (κ2) is 9.00. The average Bonchev–Trinajstić information content (AvgIpc) is 3.34. The minimum absolute atomic E-state index is 0.161. The van der Waals surface area contributed by atoms with E-state index in [1.165, 1.54) is 11.1 Å². The van der Waals surface area contributed by atoms with Gasteiger partial charge in [-0.05, 0) is 62.4 Å². The molecule has 3 heterocycles. The zero-order chi connectivity index (χ0) is 18.4. The van der Waals surface area contributed by atoms with Crippen LogP contribution in [0.3, 0.4) is 0 Å². The molecule has 0 aliphatic carbocycles. The Morgan fingerprint density at radius 3 is 2.77 bits per heavy atom. The van der Waals surface area contributed by atoms with Crippen molar-refractivity contribution in [1.82, 2.24) is 15.5 Å². The van der Waals surface area contributed by atoms with E-state index in [1.54, 1.807) is 30.4 Å². The second-order valence-corrected chi connectivity index (χ2v) is 7.75. The van der Waals surface area contributed by atoms with Crippen LogP contribution in [0.2, 0.25) is 0 Å². The summed E-state index contributed by atoms with van der Waals surface area (Å²) >= 11 is 1.80. The first kappa shape index (κ1) is 18.7. The summed E-state index contributed by atoms with van der Waals surface area (Å²) in [7, 11) is 0. The third kappa shape index (κ3) is 5.19. The summed E-state index contributed by atoms with van der Waals surface area (Å²) in [5.41, 5.74) is 0. The molecule has 3 rings (SSSR count). The van der Waals surface area contributed by atoms with Crippen LogP contribution in [0.15, 0.2) is 40.3 Å². The van der Waals surface area contributed by atoms with Gasteiger partial charge >= 0.3 is 0 Å². The topological polar surface area (TPSA) is 74.6 Å². The number of likely N-dealkylation sites (tertiary alicyclic amines) is 1. The number of hydrogen-bond donors (Lipinski definition) is 2. The van der Waals surface area contributed by atoms with Gasteiger partial charge in [0.1, 0.15) is 6.04 Å². The molecule has 140 valence electrons. The van der Waals surface area contributed by atoms with Crippen LogP contribution in [0, 0.1) is 5.92 Å². The molecular formula is C19H25N3O3S. The van der Waals surface area contributed by atoms with Crippen LogP contribution in [0.1, 0.15) is 35.2 Å². The van der Waals surface area contributed by atoms with E-state index in [4.69, 9.17) is 4.42 Å². The first-order chi connectivity index (χ1) is 12.6. The van der Waals surface area contributed by atoms with Gasteiger partial charge in [0.05, 0.1) is 6.26 Å². The third-order valence-corrected chi connectivity index (χ3v) is 5.58. The molecule has 7 heteroatoms. The van der Waals surface area contributed by atoms with Crippen LogP contribution in [-0.2, 0) is 11.3 Å². The van der Waals surface area contributed by atoms with Crippen LogP contribution in [0.25, 0.3) is 0 Å². The minimum atomic E-state index is -0.591. The summed E-state index contributed by atoms with van der Waals surface area (Å²) in [5, 5.41) is 7.73. The van der Waals surface area contributed by atoms with Gasteiger partial charge in [0.2, 0.25) is 5.91 Å². The maximum atomic E-state index is 12.2. The highest BCUT2D eigenvalue weighted by molar-refractivity contribution is 7.09. The van der Waals surface area contributed by atoms with Crippen molar-refractivity contribution in [2.24, 2.45) is 5.92 Å². The second-order valence-electron chi connectivity index (χ2n) is 6.72. The highest BCUT2D eigenvalue weighted by Gasteiger charge is 2.22. The van der Waals surface area contributed by atoms with E-state index in [9.17, 15) is 9.59 Å². The molecule has 1 aliphatic rings. The van der Waals surface area contributed by atoms with Gasteiger partial charge in [-0.3, -0.25) is 14.5 Å². The van der Waals surface area contributed by atoms with Gasteiger partial charge in [0.15, 0.2) is 5.76 Å². The van der Waals surface area contributed by atoms with Crippen LogP contribution in [-0.4, -0.2) is 42.4 Å². The highest BCUT2D eigenvalue weighted by Crippen LogP contribution is 2.20. The first-order valence-corrected chi connectivity index (χ1v) is 9.86. The molecule has 1 aliphatic heterocycles. The van der Waals surface area contributed by atoms with Crippen LogP contribution < -0.4 is 10.6 Å². The van der Waals surface area contributed by atoms with Gasteiger partial charge in [-0.1, -0.05) is 6.07 Å². The zero-order valence-corrected chi connectivity index (χ0v) is 15.8. The Bertz CT molecular complexity index is 692. The number of nitrogens with zero attached hydrogens (tertiary/aromatic N) is 1. The normalized spacial score (nSPS) is 17.0. The Morgan fingerprint density at radius 1 is 1.31 bits per heavy atom. The predicted octanol–water partition coefficient (Wildman–Crippen LogP) is 2.49. The summed E-state index contributed by atoms with van der Waals surface area (Å²) in [6.45, 7) is 5.48. The van der Waals surface area contributed by atoms with Crippen molar-refractivity contribution in [3.05, 3.63) is 46.5 Å². The van der Waals surface area contributed by atoms with Gasteiger partial charge in [-0.2, -0.15) is 0 Å². The number of furan rings is 1. The molecule has 1 fully saturated rings. The van der Waals surface area contributed by atoms with Crippen molar-refractivity contribution in [2.45, 2.75) is 32.4 Å². The van der Waals surface area contributed by atoms with Crippen LogP contribution in [0.5, 0.6) is 0 Å². The molecule has 6 nitrogen and oxygen atoms in total. The summed E-state index contributed by atoms with van der Waals surface area (Å²) in [6, 6.07) is 6.89. The fourth-order valence-electron chi connectivity index (χ4n) is 3.11. The lowest BCUT2D eigenvalue weighted by atomic mass is 9.96. The Kier molecular flexibility index (Phi) is 6.46. The molecule has 2 aromatic heterocycles. The molecule has 0 aromatic carbocycles. The quantitative estimate of drug-likeness (QED) is 0.780. The van der Waals surface area contributed by atoms with Crippen molar-refractivity contribution in [3.8, 4) is 0 Å². The fraction of sp³-hybridized carbons (Fsp3) is 0.474. The van der Waals surface area contributed by atoms with Crippen molar-refractivity contribution >= 4 is 23.2 Å². The molecule has 1 atom stereocenters. The molecule has 2 amide bonds. The van der Waals surface area contributed by atoms with Gasteiger partial charge in [0.25, 0.3) is 5.91 Å². The number of nitrogens with one attached hydrogen (secondary N) is 2. The van der Waals surface area contributed by atoms with E-state index in [2.05, 4.69) is 33.0 Å². The Balaban J connectivity index is 1.35. The molecule has 0 bridgehead atoms. The summed E-state index contributed by atoms with van der Waals surface area (Å²) in [5.74, 6) is 0.166. The maximum Gasteiger partial charge on any atom is 0.287 e. The molecule has 1 unspecified atom stereocenters. The van der Waals surface area contributed by atoms with Crippen molar-refractivity contribution < 1.29 is 14.0 Å². The monoisotopic (exact) mass is 375 g/mol. The smallest absolute Gasteiger partial charge is 0.287 e. The molecule has 26 heavy (non-hydrogen) atoms. The number of hydrogen-bond acceptors (Lipinski definition) is 5. The molecule has 2 aromatic rings. The van der Waals surface area contributed by atoms with E-state index >= 15 is 0 Å². The standard InChI is InChI=1S/C19H25N3O3S/c1-14(21-19(24)17-5-2-10-25-17)18(23)20-12-15-6-8-22(9-7-15)13-16-4-3-11-26-16/h2-5,10-11,14-15H,6-9,12-13H2,1H3,(H,20,23)(H,21,24). The van der Waals surface area contributed by atoms with Crippen molar-refractivity contribution in [3.63, 3.8) is 0 Å².